The van der Waals surface area contributed by atoms with Gasteiger partial charge >= 0.3 is 0 Å². The number of benzene rings is 2. The standard InChI is InChI=1S/C35H29N5/c1-3-13-27(14-4-1)31-19-11-21-33(38-31)35(34-22-12-20-32(39-34)28-15-5-2-6-16-28)40(25-29-17-7-9-23-36-29)26-30-18-8-10-24-37-30/h1-24,35H,25-26H2. The molecule has 0 aliphatic heterocycles. The fraction of sp³-hybridized carbons (Fsp3) is 0.0857. The van der Waals surface area contributed by atoms with Crippen LogP contribution in [0, 0.1) is 0 Å². The molecule has 5 nitrogen and oxygen atoms in total. The summed E-state index contributed by atoms with van der Waals surface area (Å²) in [5, 5.41) is 0. The first-order chi connectivity index (χ1) is 19.8. The summed E-state index contributed by atoms with van der Waals surface area (Å²) < 4.78 is 0. The van der Waals surface area contributed by atoms with E-state index in [2.05, 4.69) is 87.7 Å². The Labute approximate surface area is 234 Å². The van der Waals surface area contributed by atoms with Crippen molar-refractivity contribution in [3.05, 3.63) is 169 Å². The fourth-order valence-corrected chi connectivity index (χ4v) is 4.91. The normalized spacial score (nSPS) is 11.2. The maximum Gasteiger partial charge on any atom is 0.0957 e. The van der Waals surface area contributed by atoms with Gasteiger partial charge in [-0.15, -0.1) is 0 Å². The van der Waals surface area contributed by atoms with Crippen molar-refractivity contribution < 1.29 is 0 Å². The maximum absolute atomic E-state index is 5.20. The number of rotatable bonds is 9. The van der Waals surface area contributed by atoms with Gasteiger partial charge in [0.15, 0.2) is 0 Å². The molecule has 0 unspecified atom stereocenters. The zero-order valence-corrected chi connectivity index (χ0v) is 22.1. The van der Waals surface area contributed by atoms with Crippen molar-refractivity contribution in [3.63, 3.8) is 0 Å². The Hall–Kier alpha value is -5.00. The Morgan fingerprint density at radius 1 is 0.450 bits per heavy atom. The number of nitrogens with zero attached hydrogens (tertiary/aromatic N) is 5. The van der Waals surface area contributed by atoms with Crippen LogP contribution in [-0.2, 0) is 13.1 Å². The van der Waals surface area contributed by atoms with E-state index in [9.17, 15) is 0 Å². The van der Waals surface area contributed by atoms with Crippen LogP contribution in [0.15, 0.2) is 146 Å². The Bertz CT molecular complexity index is 1520. The van der Waals surface area contributed by atoms with Gasteiger partial charge in [0.1, 0.15) is 0 Å². The molecule has 0 spiro atoms. The van der Waals surface area contributed by atoms with Crippen LogP contribution >= 0.6 is 0 Å². The van der Waals surface area contributed by atoms with Gasteiger partial charge in [0.2, 0.25) is 0 Å². The molecule has 0 fully saturated rings. The van der Waals surface area contributed by atoms with Crippen LogP contribution in [0.5, 0.6) is 0 Å². The van der Waals surface area contributed by atoms with Crippen molar-refractivity contribution in [2.75, 3.05) is 0 Å². The van der Waals surface area contributed by atoms with E-state index >= 15 is 0 Å². The van der Waals surface area contributed by atoms with Crippen molar-refractivity contribution in [2.24, 2.45) is 0 Å². The van der Waals surface area contributed by atoms with Crippen LogP contribution in [0.25, 0.3) is 22.5 Å². The maximum atomic E-state index is 5.20. The molecule has 0 saturated heterocycles. The minimum atomic E-state index is -0.240. The molecule has 40 heavy (non-hydrogen) atoms. The van der Waals surface area contributed by atoms with Gasteiger partial charge in [-0.05, 0) is 48.5 Å². The van der Waals surface area contributed by atoms with E-state index in [1.165, 1.54) is 0 Å². The molecule has 0 radical (unpaired) electrons. The highest BCUT2D eigenvalue weighted by atomic mass is 15.2. The average molecular weight is 520 g/mol. The summed E-state index contributed by atoms with van der Waals surface area (Å²) in [6, 6.07) is 44.9. The zero-order chi connectivity index (χ0) is 27.0. The fourth-order valence-electron chi connectivity index (χ4n) is 4.91. The SMILES string of the molecule is c1ccc(-c2cccc(C(c3cccc(-c4ccccc4)n3)N(Cc3ccccn3)Cc3ccccn3)n2)cc1. The van der Waals surface area contributed by atoms with Crippen molar-refractivity contribution in [1.82, 2.24) is 24.8 Å². The molecule has 6 rings (SSSR count). The van der Waals surface area contributed by atoms with E-state index < -0.39 is 0 Å². The van der Waals surface area contributed by atoms with Gasteiger partial charge in [0.05, 0.1) is 40.2 Å². The Morgan fingerprint density at radius 2 is 0.900 bits per heavy atom. The number of hydrogen-bond acceptors (Lipinski definition) is 5. The van der Waals surface area contributed by atoms with Crippen LogP contribution in [0.2, 0.25) is 0 Å². The second-order valence-electron chi connectivity index (χ2n) is 9.58. The summed E-state index contributed by atoms with van der Waals surface area (Å²) in [6.45, 7) is 1.22. The van der Waals surface area contributed by atoms with Crippen LogP contribution in [0.4, 0.5) is 0 Å². The van der Waals surface area contributed by atoms with E-state index in [4.69, 9.17) is 9.97 Å². The van der Waals surface area contributed by atoms with Crippen molar-refractivity contribution >= 4 is 0 Å². The smallest absolute Gasteiger partial charge is 0.0957 e. The number of aromatic nitrogens is 4. The van der Waals surface area contributed by atoms with Gasteiger partial charge in [-0.1, -0.05) is 84.9 Å². The van der Waals surface area contributed by atoms with Crippen molar-refractivity contribution in [2.45, 2.75) is 19.1 Å². The molecule has 0 aliphatic rings. The van der Waals surface area contributed by atoms with Crippen LogP contribution in [0.3, 0.4) is 0 Å². The second kappa shape index (κ2) is 12.2. The highest BCUT2D eigenvalue weighted by Gasteiger charge is 2.27. The van der Waals surface area contributed by atoms with E-state index in [1.54, 1.807) is 0 Å². The van der Waals surface area contributed by atoms with Gasteiger partial charge in [-0.2, -0.15) is 0 Å². The molecule has 2 aromatic carbocycles. The molecule has 0 atom stereocenters. The molecule has 0 aliphatic carbocycles. The van der Waals surface area contributed by atoms with E-state index in [0.717, 1.165) is 45.3 Å². The molecule has 0 bridgehead atoms. The Kier molecular flexibility index (Phi) is 7.74. The van der Waals surface area contributed by atoms with E-state index in [0.29, 0.717) is 13.1 Å². The Morgan fingerprint density at radius 3 is 1.32 bits per heavy atom. The third-order valence-corrected chi connectivity index (χ3v) is 6.79. The quantitative estimate of drug-likeness (QED) is 0.199. The average Bonchev–Trinajstić information content (AvgIpc) is 3.03. The van der Waals surface area contributed by atoms with Crippen LogP contribution in [-0.4, -0.2) is 24.8 Å². The molecule has 4 aromatic heterocycles. The molecule has 0 amide bonds. The van der Waals surface area contributed by atoms with Gasteiger partial charge < -0.3 is 0 Å². The lowest BCUT2D eigenvalue weighted by Gasteiger charge is -2.31. The van der Waals surface area contributed by atoms with Crippen LogP contribution < -0.4 is 0 Å². The van der Waals surface area contributed by atoms with Crippen molar-refractivity contribution in [3.8, 4) is 22.5 Å². The topological polar surface area (TPSA) is 54.8 Å². The molecule has 5 heteroatoms. The molecular formula is C35H29N5. The first kappa shape index (κ1) is 25.3. The van der Waals surface area contributed by atoms with E-state index in [1.807, 2.05) is 73.1 Å². The Balaban J connectivity index is 1.49. The van der Waals surface area contributed by atoms with Crippen molar-refractivity contribution in [1.29, 1.82) is 0 Å². The number of pyridine rings is 4. The second-order valence-corrected chi connectivity index (χ2v) is 9.58. The minimum Gasteiger partial charge on any atom is -0.278 e. The van der Waals surface area contributed by atoms with Gasteiger partial charge in [0.25, 0.3) is 0 Å². The van der Waals surface area contributed by atoms with Crippen LogP contribution in [0.1, 0.15) is 28.8 Å². The third kappa shape index (κ3) is 6.01. The summed E-state index contributed by atoms with van der Waals surface area (Å²) in [4.78, 5) is 22.1. The van der Waals surface area contributed by atoms with Gasteiger partial charge in [0, 0.05) is 36.6 Å². The molecule has 194 valence electrons. The lowest BCUT2D eigenvalue weighted by Crippen LogP contribution is -2.31. The summed E-state index contributed by atoms with van der Waals surface area (Å²) in [5.74, 6) is 0. The lowest BCUT2D eigenvalue weighted by molar-refractivity contribution is 0.195. The molecular weight excluding hydrogens is 490 g/mol. The number of hydrogen-bond donors (Lipinski definition) is 0. The predicted molar refractivity (Wildman–Crippen MR) is 159 cm³/mol. The summed E-state index contributed by atoms with van der Waals surface area (Å²) in [5.41, 5.74) is 7.81. The molecule has 4 heterocycles. The highest BCUT2D eigenvalue weighted by Crippen LogP contribution is 2.32. The third-order valence-electron chi connectivity index (χ3n) is 6.79. The monoisotopic (exact) mass is 519 g/mol. The molecule has 0 saturated carbocycles. The highest BCUT2D eigenvalue weighted by molar-refractivity contribution is 5.60. The minimum absolute atomic E-state index is 0.240. The summed E-state index contributed by atoms with van der Waals surface area (Å²) in [6.07, 6.45) is 3.68. The lowest BCUT2D eigenvalue weighted by atomic mass is 10.0. The van der Waals surface area contributed by atoms with E-state index in [-0.39, 0.29) is 6.04 Å². The zero-order valence-electron chi connectivity index (χ0n) is 22.1. The summed E-state index contributed by atoms with van der Waals surface area (Å²) >= 11 is 0. The summed E-state index contributed by atoms with van der Waals surface area (Å²) in [7, 11) is 0. The predicted octanol–water partition coefficient (Wildman–Crippen LogP) is 7.39. The van der Waals surface area contributed by atoms with Gasteiger partial charge in [-0.25, -0.2) is 0 Å². The first-order valence-electron chi connectivity index (χ1n) is 13.4. The van der Waals surface area contributed by atoms with Gasteiger partial charge in [-0.3, -0.25) is 24.8 Å². The first-order valence-corrected chi connectivity index (χ1v) is 13.4. The molecule has 0 N–H and O–H groups in total. The molecule has 6 aromatic rings. The largest absolute Gasteiger partial charge is 0.278 e.